The molecule has 0 unspecified atom stereocenters. The standard InChI is InChI=1S/C11H15NO2/c1-3-8-5-9(4-2)7-10(6-8)14-11(12)13/h5-7H,3-4H2,1-2H3,(H2,12,13). The molecule has 0 aliphatic rings. The molecule has 2 N–H and O–H groups in total. The first-order valence-electron chi connectivity index (χ1n) is 4.75. The smallest absolute Gasteiger partial charge is 0.409 e. The van der Waals surface area contributed by atoms with E-state index >= 15 is 0 Å². The maximum Gasteiger partial charge on any atom is 0.409 e. The zero-order valence-electron chi connectivity index (χ0n) is 8.54. The van der Waals surface area contributed by atoms with Crippen LogP contribution >= 0.6 is 0 Å². The van der Waals surface area contributed by atoms with Crippen LogP contribution in [0.4, 0.5) is 4.79 Å². The summed E-state index contributed by atoms with van der Waals surface area (Å²) >= 11 is 0. The van der Waals surface area contributed by atoms with Crippen LogP contribution in [-0.4, -0.2) is 6.09 Å². The minimum Gasteiger partial charge on any atom is -0.410 e. The normalized spacial score (nSPS) is 9.86. The molecule has 76 valence electrons. The van der Waals surface area contributed by atoms with Gasteiger partial charge in [-0.2, -0.15) is 0 Å². The highest BCUT2D eigenvalue weighted by molar-refractivity contribution is 5.68. The highest BCUT2D eigenvalue weighted by Crippen LogP contribution is 2.18. The van der Waals surface area contributed by atoms with Gasteiger partial charge in [-0.05, 0) is 36.1 Å². The lowest BCUT2D eigenvalue weighted by Gasteiger charge is -2.06. The van der Waals surface area contributed by atoms with E-state index in [0.717, 1.165) is 24.0 Å². The van der Waals surface area contributed by atoms with Crippen molar-refractivity contribution in [1.29, 1.82) is 0 Å². The van der Waals surface area contributed by atoms with Crippen LogP contribution in [0.15, 0.2) is 18.2 Å². The van der Waals surface area contributed by atoms with Crippen molar-refractivity contribution in [3.8, 4) is 5.75 Å². The van der Waals surface area contributed by atoms with E-state index in [2.05, 4.69) is 19.9 Å². The number of hydrogen-bond acceptors (Lipinski definition) is 2. The van der Waals surface area contributed by atoms with Gasteiger partial charge < -0.3 is 10.5 Å². The summed E-state index contributed by atoms with van der Waals surface area (Å²) in [6.45, 7) is 4.12. The molecule has 0 bridgehead atoms. The third-order valence-corrected chi connectivity index (χ3v) is 2.06. The summed E-state index contributed by atoms with van der Waals surface area (Å²) < 4.78 is 4.84. The predicted octanol–water partition coefficient (Wildman–Crippen LogP) is 2.27. The van der Waals surface area contributed by atoms with Gasteiger partial charge in [-0.25, -0.2) is 4.79 Å². The van der Waals surface area contributed by atoms with Crippen molar-refractivity contribution in [2.24, 2.45) is 5.73 Å². The van der Waals surface area contributed by atoms with E-state index in [0.29, 0.717) is 5.75 Å². The molecular weight excluding hydrogens is 178 g/mol. The zero-order chi connectivity index (χ0) is 10.6. The fourth-order valence-corrected chi connectivity index (χ4v) is 1.31. The van der Waals surface area contributed by atoms with Crippen molar-refractivity contribution >= 4 is 6.09 Å². The summed E-state index contributed by atoms with van der Waals surface area (Å²) in [6.07, 6.45) is 1.08. The molecule has 0 saturated heterocycles. The highest BCUT2D eigenvalue weighted by Gasteiger charge is 2.02. The molecule has 3 nitrogen and oxygen atoms in total. The molecule has 1 rings (SSSR count). The first kappa shape index (κ1) is 10.6. The molecule has 0 aliphatic carbocycles. The Morgan fingerprint density at radius 3 is 2.07 bits per heavy atom. The molecule has 3 heteroatoms. The van der Waals surface area contributed by atoms with Gasteiger partial charge >= 0.3 is 6.09 Å². The van der Waals surface area contributed by atoms with E-state index in [1.165, 1.54) is 0 Å². The number of hydrogen-bond donors (Lipinski definition) is 1. The van der Waals surface area contributed by atoms with Crippen molar-refractivity contribution in [3.63, 3.8) is 0 Å². The number of amides is 1. The summed E-state index contributed by atoms with van der Waals surface area (Å²) in [5, 5.41) is 0. The van der Waals surface area contributed by atoms with Crippen molar-refractivity contribution in [3.05, 3.63) is 29.3 Å². The van der Waals surface area contributed by atoms with Crippen LogP contribution in [0.2, 0.25) is 0 Å². The van der Waals surface area contributed by atoms with Crippen LogP contribution in [0, 0.1) is 0 Å². The van der Waals surface area contributed by atoms with Crippen molar-refractivity contribution < 1.29 is 9.53 Å². The molecule has 0 spiro atoms. The van der Waals surface area contributed by atoms with Crippen molar-refractivity contribution in [1.82, 2.24) is 0 Å². The third kappa shape index (κ3) is 2.76. The lowest BCUT2D eigenvalue weighted by molar-refractivity contribution is 0.211. The fourth-order valence-electron chi connectivity index (χ4n) is 1.31. The van der Waals surface area contributed by atoms with Gasteiger partial charge in [0, 0.05) is 0 Å². The summed E-state index contributed by atoms with van der Waals surface area (Å²) in [5.41, 5.74) is 7.25. The van der Waals surface area contributed by atoms with Crippen LogP contribution < -0.4 is 10.5 Å². The Bertz CT molecular complexity index is 312. The number of aryl methyl sites for hydroxylation is 2. The second-order valence-electron chi connectivity index (χ2n) is 3.11. The number of carbonyl (C=O) groups excluding carboxylic acids is 1. The van der Waals surface area contributed by atoms with Crippen LogP contribution in [0.5, 0.6) is 5.75 Å². The molecular formula is C11H15NO2. The molecule has 0 saturated carbocycles. The number of ether oxygens (including phenoxy) is 1. The Kier molecular flexibility index (Phi) is 3.51. The lowest BCUT2D eigenvalue weighted by atomic mass is 10.1. The van der Waals surface area contributed by atoms with Gasteiger partial charge in [-0.1, -0.05) is 19.9 Å². The monoisotopic (exact) mass is 193 g/mol. The highest BCUT2D eigenvalue weighted by atomic mass is 16.5. The minimum absolute atomic E-state index is 0.536. The topological polar surface area (TPSA) is 52.3 Å². The Hall–Kier alpha value is -1.51. The molecule has 1 aromatic rings. The average Bonchev–Trinajstić information content (AvgIpc) is 2.16. The molecule has 1 aromatic carbocycles. The number of primary amides is 1. The van der Waals surface area contributed by atoms with E-state index in [1.54, 1.807) is 0 Å². The quantitative estimate of drug-likeness (QED) is 0.800. The summed E-state index contributed by atoms with van der Waals surface area (Å²) in [4.78, 5) is 10.6. The second kappa shape index (κ2) is 4.65. The van der Waals surface area contributed by atoms with Crippen LogP contribution in [-0.2, 0) is 12.8 Å². The first-order chi connectivity index (χ1) is 6.65. The Balaban J connectivity index is 2.98. The average molecular weight is 193 g/mol. The van der Waals surface area contributed by atoms with Gasteiger partial charge in [-0.3, -0.25) is 0 Å². The molecule has 0 fully saturated rings. The van der Waals surface area contributed by atoms with E-state index in [-0.39, 0.29) is 0 Å². The van der Waals surface area contributed by atoms with Crippen LogP contribution in [0.3, 0.4) is 0 Å². The fraction of sp³-hybridized carbons (Fsp3) is 0.364. The number of carbonyl (C=O) groups is 1. The number of nitrogens with two attached hydrogens (primary N) is 1. The molecule has 0 heterocycles. The van der Waals surface area contributed by atoms with Crippen LogP contribution in [0.25, 0.3) is 0 Å². The van der Waals surface area contributed by atoms with Gasteiger partial charge in [0.1, 0.15) is 5.75 Å². The first-order valence-corrected chi connectivity index (χ1v) is 4.75. The second-order valence-corrected chi connectivity index (χ2v) is 3.11. The number of rotatable bonds is 3. The molecule has 1 amide bonds. The largest absolute Gasteiger partial charge is 0.410 e. The molecule has 0 radical (unpaired) electrons. The Morgan fingerprint density at radius 2 is 1.71 bits per heavy atom. The van der Waals surface area contributed by atoms with Gasteiger partial charge in [0.25, 0.3) is 0 Å². The molecule has 0 aliphatic heterocycles. The Labute approximate surface area is 83.9 Å². The maximum absolute atomic E-state index is 10.6. The van der Waals surface area contributed by atoms with Crippen molar-refractivity contribution in [2.75, 3.05) is 0 Å². The van der Waals surface area contributed by atoms with Gasteiger partial charge in [0.05, 0.1) is 0 Å². The van der Waals surface area contributed by atoms with Crippen molar-refractivity contribution in [2.45, 2.75) is 26.7 Å². The van der Waals surface area contributed by atoms with E-state index in [9.17, 15) is 4.79 Å². The SMILES string of the molecule is CCc1cc(CC)cc(OC(N)=O)c1. The minimum atomic E-state index is -0.764. The van der Waals surface area contributed by atoms with Gasteiger partial charge in [-0.15, -0.1) is 0 Å². The summed E-state index contributed by atoms with van der Waals surface area (Å²) in [6, 6.07) is 5.78. The molecule has 0 aromatic heterocycles. The van der Waals surface area contributed by atoms with E-state index in [4.69, 9.17) is 10.5 Å². The van der Waals surface area contributed by atoms with Gasteiger partial charge in [0.15, 0.2) is 0 Å². The van der Waals surface area contributed by atoms with E-state index in [1.807, 2.05) is 12.1 Å². The zero-order valence-corrected chi connectivity index (χ0v) is 8.54. The van der Waals surface area contributed by atoms with E-state index < -0.39 is 6.09 Å². The summed E-state index contributed by atoms with van der Waals surface area (Å²) in [7, 11) is 0. The Morgan fingerprint density at radius 1 is 1.21 bits per heavy atom. The summed E-state index contributed by atoms with van der Waals surface area (Å²) in [5.74, 6) is 0.536. The molecule has 0 atom stereocenters. The van der Waals surface area contributed by atoms with Crippen LogP contribution in [0.1, 0.15) is 25.0 Å². The predicted molar refractivity (Wildman–Crippen MR) is 55.4 cm³/mol. The maximum atomic E-state index is 10.6. The number of benzene rings is 1. The lowest BCUT2D eigenvalue weighted by Crippen LogP contribution is -2.16. The molecule has 14 heavy (non-hydrogen) atoms. The third-order valence-electron chi connectivity index (χ3n) is 2.06. The van der Waals surface area contributed by atoms with Gasteiger partial charge in [0.2, 0.25) is 0 Å².